The van der Waals surface area contributed by atoms with Crippen LogP contribution >= 0.6 is 0 Å². The van der Waals surface area contributed by atoms with E-state index < -0.39 is 10.0 Å². The summed E-state index contributed by atoms with van der Waals surface area (Å²) in [5.74, 6) is -0.166. The third kappa shape index (κ3) is 5.39. The molecule has 0 aliphatic carbocycles. The minimum absolute atomic E-state index is 0.0104. The first kappa shape index (κ1) is 20.1. The monoisotopic (exact) mass is 375 g/mol. The van der Waals surface area contributed by atoms with Crippen molar-refractivity contribution < 1.29 is 13.2 Å². The Morgan fingerprint density at radius 2 is 1.62 bits per heavy atom. The van der Waals surface area contributed by atoms with Crippen LogP contribution in [0.15, 0.2) is 53.4 Å². The van der Waals surface area contributed by atoms with Gasteiger partial charge in [0.2, 0.25) is 15.9 Å². The fourth-order valence-corrected chi connectivity index (χ4v) is 3.00. The van der Waals surface area contributed by atoms with Crippen LogP contribution in [0.25, 0.3) is 0 Å². The van der Waals surface area contributed by atoms with Gasteiger partial charge in [0, 0.05) is 12.2 Å². The van der Waals surface area contributed by atoms with E-state index in [2.05, 4.69) is 36.5 Å². The van der Waals surface area contributed by atoms with E-state index in [4.69, 9.17) is 5.14 Å². The highest BCUT2D eigenvalue weighted by atomic mass is 32.2. The molecule has 0 radical (unpaired) electrons. The second-order valence-electron chi connectivity index (χ2n) is 6.32. The van der Waals surface area contributed by atoms with Gasteiger partial charge < -0.3 is 5.32 Å². The number of likely N-dealkylation sites (N-methyl/N-ethyl adjacent to an activating group) is 1. The Kier molecular flexibility index (Phi) is 6.52. The molecule has 7 heteroatoms. The van der Waals surface area contributed by atoms with Crippen LogP contribution in [0.4, 0.5) is 5.69 Å². The minimum Gasteiger partial charge on any atom is -0.325 e. The van der Waals surface area contributed by atoms with E-state index >= 15 is 0 Å². The number of benzene rings is 2. The van der Waals surface area contributed by atoms with Crippen LogP contribution in [0.5, 0.6) is 0 Å². The molecule has 0 bridgehead atoms. The molecule has 2 aromatic carbocycles. The first-order chi connectivity index (χ1) is 12.2. The number of carbonyl (C=O) groups is 1. The highest BCUT2D eigenvalue weighted by Gasteiger charge is 2.18. The summed E-state index contributed by atoms with van der Waals surface area (Å²) in [6, 6.07) is 13.8. The van der Waals surface area contributed by atoms with Crippen molar-refractivity contribution in [3.63, 3.8) is 0 Å². The van der Waals surface area contributed by atoms with E-state index in [1.807, 2.05) is 18.9 Å². The van der Waals surface area contributed by atoms with Gasteiger partial charge in [-0.05, 0) is 55.8 Å². The molecular weight excluding hydrogens is 350 g/mol. The van der Waals surface area contributed by atoms with Crippen molar-refractivity contribution in [3.8, 4) is 0 Å². The van der Waals surface area contributed by atoms with Crippen molar-refractivity contribution >= 4 is 21.6 Å². The van der Waals surface area contributed by atoms with Crippen LogP contribution in [0, 0.1) is 0 Å². The topological polar surface area (TPSA) is 92.5 Å². The first-order valence-corrected chi connectivity index (χ1v) is 9.97. The molecule has 6 nitrogen and oxygen atoms in total. The van der Waals surface area contributed by atoms with Crippen LogP contribution in [-0.4, -0.2) is 32.3 Å². The van der Waals surface area contributed by atoms with E-state index in [9.17, 15) is 13.2 Å². The lowest BCUT2D eigenvalue weighted by molar-refractivity contribution is -0.120. The highest BCUT2D eigenvalue weighted by Crippen LogP contribution is 2.14. The molecule has 0 aliphatic heterocycles. The molecule has 0 unspecified atom stereocenters. The van der Waals surface area contributed by atoms with Gasteiger partial charge in [-0.3, -0.25) is 9.69 Å². The molecule has 2 aromatic rings. The number of sulfonamides is 1. The molecule has 2 rings (SSSR count). The summed E-state index contributed by atoms with van der Waals surface area (Å²) in [6.45, 7) is 4.60. The van der Waals surface area contributed by atoms with Gasteiger partial charge in [-0.15, -0.1) is 0 Å². The Morgan fingerprint density at radius 1 is 1.08 bits per heavy atom. The molecule has 0 saturated carbocycles. The van der Waals surface area contributed by atoms with Crippen LogP contribution in [0.3, 0.4) is 0 Å². The van der Waals surface area contributed by atoms with E-state index in [-0.39, 0.29) is 16.8 Å². The average Bonchev–Trinajstić information content (AvgIpc) is 2.61. The lowest BCUT2D eigenvalue weighted by atomic mass is 10.1. The Labute approximate surface area is 155 Å². The smallest absolute Gasteiger partial charge is 0.241 e. The largest absolute Gasteiger partial charge is 0.325 e. The summed E-state index contributed by atoms with van der Waals surface area (Å²) in [4.78, 5) is 14.4. The van der Waals surface area contributed by atoms with E-state index in [1.165, 1.54) is 29.8 Å². The third-order valence-electron chi connectivity index (χ3n) is 4.35. The molecule has 0 aliphatic rings. The van der Waals surface area contributed by atoms with Crippen LogP contribution in [0.2, 0.25) is 0 Å². The van der Waals surface area contributed by atoms with E-state index in [0.717, 1.165) is 12.0 Å². The van der Waals surface area contributed by atoms with Gasteiger partial charge in [-0.25, -0.2) is 13.6 Å². The van der Waals surface area contributed by atoms with Crippen molar-refractivity contribution in [3.05, 3.63) is 59.7 Å². The molecule has 3 N–H and O–H groups in total. The number of amides is 1. The predicted octanol–water partition coefficient (Wildman–Crippen LogP) is 2.36. The molecular formula is C19H25N3O3S. The quantitative estimate of drug-likeness (QED) is 0.777. The van der Waals surface area contributed by atoms with Crippen molar-refractivity contribution in [2.45, 2.75) is 37.8 Å². The Hall–Kier alpha value is -2.22. The normalized spacial score (nSPS) is 12.8. The summed E-state index contributed by atoms with van der Waals surface area (Å²) in [6.07, 6.45) is 0.999. The van der Waals surface area contributed by atoms with Crippen molar-refractivity contribution in [2.24, 2.45) is 5.14 Å². The van der Waals surface area contributed by atoms with Gasteiger partial charge in [0.25, 0.3) is 0 Å². The number of hydrogen-bond acceptors (Lipinski definition) is 4. The lowest BCUT2D eigenvalue weighted by Crippen LogP contribution is -2.39. The minimum atomic E-state index is -3.74. The zero-order chi connectivity index (χ0) is 19.3. The highest BCUT2D eigenvalue weighted by molar-refractivity contribution is 7.89. The zero-order valence-corrected chi connectivity index (χ0v) is 16.1. The number of carbonyl (C=O) groups excluding carboxylic acids is 1. The van der Waals surface area contributed by atoms with Gasteiger partial charge in [-0.1, -0.05) is 31.2 Å². The summed E-state index contributed by atoms with van der Waals surface area (Å²) in [5, 5.41) is 7.85. The summed E-state index contributed by atoms with van der Waals surface area (Å²) in [7, 11) is -1.85. The van der Waals surface area contributed by atoms with Gasteiger partial charge >= 0.3 is 0 Å². The number of rotatable bonds is 7. The number of anilines is 1. The maximum Gasteiger partial charge on any atom is 0.241 e. The molecule has 0 aromatic heterocycles. The molecule has 0 saturated heterocycles. The second-order valence-corrected chi connectivity index (χ2v) is 7.88. The third-order valence-corrected chi connectivity index (χ3v) is 5.28. The lowest BCUT2D eigenvalue weighted by Gasteiger charge is -2.24. The second kappa shape index (κ2) is 8.44. The number of nitrogens with two attached hydrogens (primary N) is 1. The SMILES string of the molecule is CCc1ccc(CN(C)[C@H](C)C(=O)Nc2ccc(S(N)(=O)=O)cc2)cc1. The average molecular weight is 375 g/mol. The molecule has 1 atom stereocenters. The number of hydrogen-bond donors (Lipinski definition) is 2. The first-order valence-electron chi connectivity index (χ1n) is 8.42. The van der Waals surface area contributed by atoms with Crippen LogP contribution < -0.4 is 10.5 Å². The molecule has 26 heavy (non-hydrogen) atoms. The van der Waals surface area contributed by atoms with Crippen molar-refractivity contribution in [1.29, 1.82) is 0 Å². The molecule has 140 valence electrons. The molecule has 1 amide bonds. The number of nitrogens with one attached hydrogen (secondary N) is 1. The summed E-state index contributed by atoms with van der Waals surface area (Å²) < 4.78 is 22.5. The fourth-order valence-electron chi connectivity index (χ4n) is 2.48. The predicted molar refractivity (Wildman–Crippen MR) is 103 cm³/mol. The van der Waals surface area contributed by atoms with Crippen molar-refractivity contribution in [1.82, 2.24) is 4.90 Å². The molecule has 0 spiro atoms. The fraction of sp³-hybridized carbons (Fsp3) is 0.316. The zero-order valence-electron chi connectivity index (χ0n) is 15.3. The Balaban J connectivity index is 1.97. The van der Waals surface area contributed by atoms with Gasteiger partial charge in [0.05, 0.1) is 10.9 Å². The van der Waals surface area contributed by atoms with Gasteiger partial charge in [0.15, 0.2) is 0 Å². The number of primary sulfonamides is 1. The van der Waals surface area contributed by atoms with Gasteiger partial charge in [-0.2, -0.15) is 0 Å². The maximum atomic E-state index is 12.4. The van der Waals surface area contributed by atoms with Crippen LogP contribution in [-0.2, 0) is 27.8 Å². The summed E-state index contributed by atoms with van der Waals surface area (Å²) in [5.41, 5.74) is 2.95. The Morgan fingerprint density at radius 3 is 2.12 bits per heavy atom. The standard InChI is InChI=1S/C19H25N3O3S/c1-4-15-5-7-16(8-6-15)13-22(3)14(2)19(23)21-17-9-11-18(12-10-17)26(20,24)25/h5-12,14H,4,13H2,1-3H3,(H,21,23)(H2,20,24,25)/t14-/m1/s1. The molecule has 0 fully saturated rings. The maximum absolute atomic E-state index is 12.4. The molecule has 0 heterocycles. The van der Waals surface area contributed by atoms with Gasteiger partial charge in [0.1, 0.15) is 0 Å². The number of nitrogens with zero attached hydrogens (tertiary/aromatic N) is 1. The van der Waals surface area contributed by atoms with Crippen molar-refractivity contribution in [2.75, 3.05) is 12.4 Å². The number of aryl methyl sites for hydroxylation is 1. The van der Waals surface area contributed by atoms with Crippen LogP contribution in [0.1, 0.15) is 25.0 Å². The van der Waals surface area contributed by atoms with E-state index in [1.54, 1.807) is 0 Å². The van der Waals surface area contributed by atoms with E-state index in [0.29, 0.717) is 12.2 Å². The summed E-state index contributed by atoms with van der Waals surface area (Å²) >= 11 is 0. The Bertz CT molecular complexity index is 847.